The summed E-state index contributed by atoms with van der Waals surface area (Å²) >= 11 is 0. The first-order valence-corrected chi connectivity index (χ1v) is 9.08. The van der Waals surface area contributed by atoms with Gasteiger partial charge in [-0.2, -0.15) is 0 Å². The highest BCUT2D eigenvalue weighted by atomic mass is 16.2. The number of nitrogens with zero attached hydrogens (tertiary/aromatic N) is 1. The predicted molar refractivity (Wildman–Crippen MR) is 111 cm³/mol. The normalized spacial score (nSPS) is 10.7. The molecule has 0 aliphatic rings. The Kier molecular flexibility index (Phi) is 6.42. The van der Waals surface area contributed by atoms with Crippen LogP contribution in [-0.4, -0.2) is 10.9 Å². The third kappa shape index (κ3) is 5.58. The van der Waals surface area contributed by atoms with E-state index in [1.807, 2.05) is 89.8 Å². The van der Waals surface area contributed by atoms with Crippen molar-refractivity contribution in [2.75, 3.05) is 0 Å². The standard InChI is InChI=1S/C24H24N2O/c1-20-10-8-9-15-23(20)16-17-25-24(27)26(18-21-11-4-2-5-12-21)19-22-13-6-3-7-14-22/h2-17H,18-19H2,1H3,(H,25,27)/b17-16+. The van der Waals surface area contributed by atoms with Gasteiger partial charge in [-0.05, 0) is 35.3 Å². The summed E-state index contributed by atoms with van der Waals surface area (Å²) in [5.74, 6) is 0. The predicted octanol–water partition coefficient (Wildman–Crippen LogP) is 5.38. The van der Waals surface area contributed by atoms with Gasteiger partial charge in [0.15, 0.2) is 0 Å². The van der Waals surface area contributed by atoms with Gasteiger partial charge in [0.2, 0.25) is 0 Å². The summed E-state index contributed by atoms with van der Waals surface area (Å²) in [6.07, 6.45) is 3.64. The summed E-state index contributed by atoms with van der Waals surface area (Å²) in [5, 5.41) is 2.91. The monoisotopic (exact) mass is 356 g/mol. The van der Waals surface area contributed by atoms with Crippen molar-refractivity contribution in [3.05, 3.63) is 113 Å². The lowest BCUT2D eigenvalue weighted by Crippen LogP contribution is -2.36. The first-order chi connectivity index (χ1) is 13.2. The summed E-state index contributed by atoms with van der Waals surface area (Å²) in [6, 6.07) is 28.0. The Balaban J connectivity index is 1.70. The molecule has 0 aliphatic heterocycles. The average molecular weight is 356 g/mol. The third-order valence-corrected chi connectivity index (χ3v) is 4.38. The fourth-order valence-electron chi connectivity index (χ4n) is 2.87. The van der Waals surface area contributed by atoms with Crippen LogP contribution in [0, 0.1) is 6.92 Å². The van der Waals surface area contributed by atoms with Crippen molar-refractivity contribution in [3.8, 4) is 0 Å². The lowest BCUT2D eigenvalue weighted by atomic mass is 10.1. The van der Waals surface area contributed by atoms with Gasteiger partial charge in [-0.25, -0.2) is 4.79 Å². The second kappa shape index (κ2) is 9.39. The maximum absolute atomic E-state index is 12.8. The minimum Gasteiger partial charge on any atom is -0.316 e. The highest BCUT2D eigenvalue weighted by molar-refractivity contribution is 5.76. The van der Waals surface area contributed by atoms with E-state index in [0.29, 0.717) is 13.1 Å². The topological polar surface area (TPSA) is 32.3 Å². The summed E-state index contributed by atoms with van der Waals surface area (Å²) in [4.78, 5) is 14.6. The van der Waals surface area contributed by atoms with E-state index in [-0.39, 0.29) is 6.03 Å². The van der Waals surface area contributed by atoms with Gasteiger partial charge < -0.3 is 10.2 Å². The van der Waals surface area contributed by atoms with Crippen LogP contribution < -0.4 is 5.32 Å². The number of carbonyl (C=O) groups excluding carboxylic acids is 1. The van der Waals surface area contributed by atoms with Crippen LogP contribution in [0.25, 0.3) is 6.08 Å². The Labute approximate surface area is 161 Å². The van der Waals surface area contributed by atoms with Crippen molar-refractivity contribution in [1.82, 2.24) is 10.2 Å². The maximum Gasteiger partial charge on any atom is 0.321 e. The van der Waals surface area contributed by atoms with Crippen LogP contribution in [0.5, 0.6) is 0 Å². The molecule has 27 heavy (non-hydrogen) atoms. The molecule has 0 atom stereocenters. The zero-order valence-electron chi connectivity index (χ0n) is 15.5. The number of carbonyl (C=O) groups is 1. The van der Waals surface area contributed by atoms with Crippen molar-refractivity contribution in [3.63, 3.8) is 0 Å². The van der Waals surface area contributed by atoms with Crippen LogP contribution in [0.1, 0.15) is 22.3 Å². The van der Waals surface area contributed by atoms with Crippen molar-refractivity contribution < 1.29 is 4.79 Å². The molecule has 0 spiro atoms. The number of nitrogens with one attached hydrogen (secondary N) is 1. The van der Waals surface area contributed by atoms with E-state index in [1.165, 1.54) is 5.56 Å². The van der Waals surface area contributed by atoms with Crippen molar-refractivity contribution in [2.45, 2.75) is 20.0 Å². The average Bonchev–Trinajstić information content (AvgIpc) is 2.70. The zero-order valence-corrected chi connectivity index (χ0v) is 15.5. The molecule has 0 aromatic heterocycles. The minimum absolute atomic E-state index is 0.118. The maximum atomic E-state index is 12.8. The highest BCUT2D eigenvalue weighted by Crippen LogP contribution is 2.11. The van der Waals surface area contributed by atoms with Crippen LogP contribution in [0.2, 0.25) is 0 Å². The number of urea groups is 1. The molecule has 3 nitrogen and oxygen atoms in total. The van der Waals surface area contributed by atoms with Gasteiger partial charge >= 0.3 is 6.03 Å². The summed E-state index contributed by atoms with van der Waals surface area (Å²) in [7, 11) is 0. The molecule has 1 N–H and O–H groups in total. The van der Waals surface area contributed by atoms with Gasteiger partial charge in [-0.1, -0.05) is 84.9 Å². The molecule has 0 heterocycles. The molecule has 3 rings (SSSR count). The van der Waals surface area contributed by atoms with E-state index < -0.39 is 0 Å². The largest absolute Gasteiger partial charge is 0.321 e. The van der Waals surface area contributed by atoms with Crippen molar-refractivity contribution >= 4 is 12.1 Å². The van der Waals surface area contributed by atoms with Crippen LogP contribution in [0.4, 0.5) is 4.79 Å². The lowest BCUT2D eigenvalue weighted by molar-refractivity contribution is 0.196. The van der Waals surface area contributed by atoms with Gasteiger partial charge in [0.05, 0.1) is 0 Å². The molecule has 0 radical (unpaired) electrons. The second-order valence-corrected chi connectivity index (χ2v) is 6.47. The Bertz CT molecular complexity index is 847. The Morgan fingerprint density at radius 2 is 1.33 bits per heavy atom. The summed E-state index contributed by atoms with van der Waals surface area (Å²) < 4.78 is 0. The second-order valence-electron chi connectivity index (χ2n) is 6.47. The van der Waals surface area contributed by atoms with Gasteiger partial charge in [0.25, 0.3) is 0 Å². The van der Waals surface area contributed by atoms with E-state index in [0.717, 1.165) is 16.7 Å². The van der Waals surface area contributed by atoms with Crippen molar-refractivity contribution in [2.24, 2.45) is 0 Å². The van der Waals surface area contributed by atoms with Crippen molar-refractivity contribution in [1.29, 1.82) is 0 Å². The minimum atomic E-state index is -0.118. The Morgan fingerprint density at radius 1 is 0.815 bits per heavy atom. The fourth-order valence-corrected chi connectivity index (χ4v) is 2.87. The van der Waals surface area contributed by atoms with E-state index in [9.17, 15) is 4.79 Å². The molecule has 0 saturated heterocycles. The van der Waals surface area contributed by atoms with E-state index in [1.54, 1.807) is 6.20 Å². The number of benzene rings is 3. The van der Waals surface area contributed by atoms with Crippen LogP contribution >= 0.6 is 0 Å². The molecule has 3 aromatic carbocycles. The lowest BCUT2D eigenvalue weighted by Gasteiger charge is -2.22. The molecule has 3 heteroatoms. The molecule has 0 saturated carbocycles. The number of rotatable bonds is 6. The number of hydrogen-bond donors (Lipinski definition) is 1. The SMILES string of the molecule is Cc1ccccc1/C=C/NC(=O)N(Cc1ccccc1)Cc1ccccc1. The van der Waals surface area contributed by atoms with Gasteiger partial charge in [0.1, 0.15) is 0 Å². The molecular weight excluding hydrogens is 332 g/mol. The van der Waals surface area contributed by atoms with Gasteiger partial charge in [-0.15, -0.1) is 0 Å². The third-order valence-electron chi connectivity index (χ3n) is 4.38. The molecule has 0 fully saturated rings. The number of amides is 2. The molecule has 0 aliphatic carbocycles. The van der Waals surface area contributed by atoms with Crippen LogP contribution in [0.3, 0.4) is 0 Å². The smallest absolute Gasteiger partial charge is 0.316 e. The van der Waals surface area contributed by atoms with Gasteiger partial charge in [-0.3, -0.25) is 0 Å². The van der Waals surface area contributed by atoms with E-state index in [2.05, 4.69) is 18.3 Å². The molecule has 3 aromatic rings. The molecular formula is C24H24N2O. The fraction of sp³-hybridized carbons (Fsp3) is 0.125. The highest BCUT2D eigenvalue weighted by Gasteiger charge is 2.13. The zero-order chi connectivity index (χ0) is 18.9. The molecule has 2 amide bonds. The summed E-state index contributed by atoms with van der Waals surface area (Å²) in [5.41, 5.74) is 4.47. The quantitative estimate of drug-likeness (QED) is 0.632. The Hall–Kier alpha value is -3.33. The number of aryl methyl sites for hydroxylation is 1. The first kappa shape index (κ1) is 18.5. The molecule has 136 valence electrons. The first-order valence-electron chi connectivity index (χ1n) is 9.08. The Morgan fingerprint density at radius 3 is 1.89 bits per heavy atom. The molecule has 0 unspecified atom stereocenters. The van der Waals surface area contributed by atoms with Crippen LogP contribution in [0.15, 0.2) is 91.1 Å². The van der Waals surface area contributed by atoms with Gasteiger partial charge in [0, 0.05) is 19.3 Å². The van der Waals surface area contributed by atoms with E-state index in [4.69, 9.17) is 0 Å². The molecule has 0 bridgehead atoms. The van der Waals surface area contributed by atoms with Crippen LogP contribution in [-0.2, 0) is 13.1 Å². The summed E-state index contributed by atoms with van der Waals surface area (Å²) in [6.45, 7) is 3.16. The number of hydrogen-bond acceptors (Lipinski definition) is 1. The van der Waals surface area contributed by atoms with E-state index >= 15 is 0 Å².